The summed E-state index contributed by atoms with van der Waals surface area (Å²) < 4.78 is 10.9. The first-order valence-electron chi connectivity index (χ1n) is 7.04. The van der Waals surface area contributed by atoms with E-state index in [1.165, 1.54) is 0 Å². The number of rotatable bonds is 8. The van der Waals surface area contributed by atoms with Crippen molar-refractivity contribution in [1.29, 1.82) is 0 Å². The lowest BCUT2D eigenvalue weighted by Gasteiger charge is -2.22. The number of hydrogen-bond acceptors (Lipinski definition) is 4. The average Bonchev–Trinajstić information content (AvgIpc) is 2.29. The Morgan fingerprint density at radius 1 is 1.11 bits per heavy atom. The predicted molar refractivity (Wildman–Crippen MR) is 75.7 cm³/mol. The van der Waals surface area contributed by atoms with Crippen molar-refractivity contribution in [3.63, 3.8) is 0 Å². The van der Waals surface area contributed by atoms with Crippen LogP contribution in [-0.2, 0) is 14.3 Å². The number of hydrogen-bond donors (Lipinski definition) is 1. The van der Waals surface area contributed by atoms with E-state index in [1.54, 1.807) is 0 Å². The van der Waals surface area contributed by atoms with Crippen LogP contribution in [0.25, 0.3) is 0 Å². The van der Waals surface area contributed by atoms with E-state index < -0.39 is 5.60 Å². The summed E-state index contributed by atoms with van der Waals surface area (Å²) in [6.45, 7) is 9.75. The largest absolute Gasteiger partial charge is 0.495 e. The number of aliphatic hydroxyl groups is 1. The Bertz CT molecular complexity index is 300. The molecule has 0 bridgehead atoms. The number of carbonyl (C=O) groups excluding carboxylic acids is 1. The van der Waals surface area contributed by atoms with Crippen LogP contribution >= 0.6 is 0 Å². The summed E-state index contributed by atoms with van der Waals surface area (Å²) >= 11 is 0. The third-order valence-electron chi connectivity index (χ3n) is 2.33. The van der Waals surface area contributed by atoms with E-state index in [4.69, 9.17) is 14.6 Å². The minimum atomic E-state index is -0.510. The zero-order valence-corrected chi connectivity index (χ0v) is 12.9. The Balaban J connectivity index is 5.10. The van der Waals surface area contributed by atoms with Gasteiger partial charge in [0.25, 0.3) is 0 Å². The first-order valence-corrected chi connectivity index (χ1v) is 7.04. The van der Waals surface area contributed by atoms with E-state index in [1.807, 2.05) is 34.6 Å². The van der Waals surface area contributed by atoms with Gasteiger partial charge in [-0.1, -0.05) is 20.3 Å². The van der Waals surface area contributed by atoms with E-state index in [2.05, 4.69) is 0 Å². The quantitative estimate of drug-likeness (QED) is 0.419. The number of ether oxygens (including phenoxy) is 2. The van der Waals surface area contributed by atoms with E-state index >= 15 is 0 Å². The molecule has 19 heavy (non-hydrogen) atoms. The van der Waals surface area contributed by atoms with Crippen LogP contribution in [0.1, 0.15) is 60.3 Å². The molecule has 1 N–H and O–H groups in total. The summed E-state index contributed by atoms with van der Waals surface area (Å²) in [5.41, 5.74) is 0.0948. The maximum atomic E-state index is 12.2. The van der Waals surface area contributed by atoms with Crippen molar-refractivity contribution in [2.45, 2.75) is 65.9 Å². The van der Waals surface area contributed by atoms with Crippen LogP contribution in [0.15, 0.2) is 11.3 Å². The van der Waals surface area contributed by atoms with Crippen LogP contribution in [0, 0.1) is 0 Å². The van der Waals surface area contributed by atoms with Gasteiger partial charge in [0.05, 0.1) is 12.2 Å². The third kappa shape index (κ3) is 7.88. The molecule has 112 valence electrons. The average molecular weight is 272 g/mol. The van der Waals surface area contributed by atoms with Gasteiger partial charge >= 0.3 is 5.97 Å². The highest BCUT2D eigenvalue weighted by atomic mass is 16.6. The predicted octanol–water partition coefficient (Wildman–Crippen LogP) is 3.19. The second-order valence-electron chi connectivity index (χ2n) is 5.48. The molecule has 0 aliphatic carbocycles. The Hall–Kier alpha value is -1.03. The number of aliphatic hydroxyl groups excluding tert-OH is 1. The molecular formula is C15H28O4. The fraction of sp³-hybridized carbons (Fsp3) is 0.800. The van der Waals surface area contributed by atoms with Gasteiger partial charge in [-0.3, -0.25) is 0 Å². The zero-order chi connectivity index (χ0) is 14.9. The van der Waals surface area contributed by atoms with E-state index in [0.717, 1.165) is 12.8 Å². The maximum Gasteiger partial charge on any atom is 0.337 e. The molecule has 0 radical (unpaired) electrons. The van der Waals surface area contributed by atoms with Crippen molar-refractivity contribution in [2.75, 3.05) is 13.2 Å². The summed E-state index contributed by atoms with van der Waals surface area (Å²) in [6.07, 6.45) is 3.06. The fourth-order valence-corrected chi connectivity index (χ4v) is 1.65. The van der Waals surface area contributed by atoms with Crippen LogP contribution in [0.2, 0.25) is 0 Å². The number of allylic oxidation sites excluding steroid dienone is 1. The summed E-state index contributed by atoms with van der Waals surface area (Å²) in [6, 6.07) is 0. The van der Waals surface area contributed by atoms with Crippen LogP contribution in [-0.4, -0.2) is 29.9 Å². The minimum Gasteiger partial charge on any atom is -0.495 e. The van der Waals surface area contributed by atoms with Crippen LogP contribution in [0.4, 0.5) is 0 Å². The molecule has 0 saturated heterocycles. The monoisotopic (exact) mass is 272 g/mol. The van der Waals surface area contributed by atoms with Gasteiger partial charge in [0, 0.05) is 6.42 Å². The van der Waals surface area contributed by atoms with Crippen LogP contribution in [0.3, 0.4) is 0 Å². The first-order chi connectivity index (χ1) is 8.85. The molecule has 0 rings (SSSR count). The molecule has 0 saturated carbocycles. The molecule has 0 heterocycles. The first kappa shape index (κ1) is 18.0. The summed E-state index contributed by atoms with van der Waals surface area (Å²) in [5, 5.41) is 8.86. The minimum absolute atomic E-state index is 0.0546. The van der Waals surface area contributed by atoms with Gasteiger partial charge in [-0.05, 0) is 33.6 Å². The second-order valence-corrected chi connectivity index (χ2v) is 5.48. The summed E-state index contributed by atoms with van der Waals surface area (Å²) in [4.78, 5) is 12.2. The maximum absolute atomic E-state index is 12.2. The summed E-state index contributed by atoms with van der Waals surface area (Å²) in [5.74, 6) is 0.350. The normalized spacial score (nSPS) is 12.9. The molecule has 0 aromatic heterocycles. The lowest BCUT2D eigenvalue weighted by atomic mass is 10.1. The Morgan fingerprint density at radius 3 is 2.11 bits per heavy atom. The van der Waals surface area contributed by atoms with E-state index in [-0.39, 0.29) is 19.2 Å². The van der Waals surface area contributed by atoms with Crippen molar-refractivity contribution < 1.29 is 19.4 Å². The van der Waals surface area contributed by atoms with Gasteiger partial charge in [0.2, 0.25) is 0 Å². The van der Waals surface area contributed by atoms with Crippen LogP contribution in [0.5, 0.6) is 0 Å². The second kappa shape index (κ2) is 8.97. The van der Waals surface area contributed by atoms with Gasteiger partial charge in [-0.15, -0.1) is 0 Å². The van der Waals surface area contributed by atoms with E-state index in [9.17, 15) is 4.79 Å². The van der Waals surface area contributed by atoms with Crippen molar-refractivity contribution in [3.8, 4) is 0 Å². The molecule has 0 aliphatic rings. The smallest absolute Gasteiger partial charge is 0.337 e. The van der Waals surface area contributed by atoms with Crippen molar-refractivity contribution in [2.24, 2.45) is 0 Å². The van der Waals surface area contributed by atoms with Gasteiger partial charge in [-0.25, -0.2) is 4.79 Å². The molecule has 4 nitrogen and oxygen atoms in total. The Kier molecular flexibility index (Phi) is 8.48. The molecule has 0 spiro atoms. The van der Waals surface area contributed by atoms with Crippen molar-refractivity contribution >= 4 is 5.97 Å². The Morgan fingerprint density at radius 2 is 1.68 bits per heavy atom. The number of esters is 1. The molecule has 0 fully saturated rings. The highest BCUT2D eigenvalue weighted by Crippen LogP contribution is 2.21. The molecule has 0 amide bonds. The molecular weight excluding hydrogens is 244 g/mol. The van der Waals surface area contributed by atoms with Gasteiger partial charge < -0.3 is 14.6 Å². The van der Waals surface area contributed by atoms with Crippen molar-refractivity contribution in [1.82, 2.24) is 0 Å². The van der Waals surface area contributed by atoms with Gasteiger partial charge in [-0.2, -0.15) is 0 Å². The lowest BCUT2D eigenvalue weighted by Crippen LogP contribution is -2.26. The molecule has 0 atom stereocenters. The Labute approximate surface area is 116 Å². The van der Waals surface area contributed by atoms with Gasteiger partial charge in [0.15, 0.2) is 0 Å². The highest BCUT2D eigenvalue weighted by molar-refractivity contribution is 5.89. The van der Waals surface area contributed by atoms with Crippen molar-refractivity contribution in [3.05, 3.63) is 11.3 Å². The fourth-order valence-electron chi connectivity index (χ4n) is 1.65. The standard InChI is InChI=1S/C15H28O4/c1-6-8-12(14(17)19-15(3,4)5)13(9-7-2)18-11-10-16/h16H,6-11H2,1-5H3. The third-order valence-corrected chi connectivity index (χ3v) is 2.33. The molecule has 0 unspecified atom stereocenters. The van der Waals surface area contributed by atoms with Crippen LogP contribution < -0.4 is 0 Å². The van der Waals surface area contributed by atoms with Gasteiger partial charge in [0.1, 0.15) is 18.0 Å². The topological polar surface area (TPSA) is 55.8 Å². The lowest BCUT2D eigenvalue weighted by molar-refractivity contribution is -0.150. The SMILES string of the molecule is CCCC(OCCO)=C(CCC)C(=O)OC(C)(C)C. The number of carbonyl (C=O) groups is 1. The highest BCUT2D eigenvalue weighted by Gasteiger charge is 2.22. The molecule has 4 heteroatoms. The molecule has 0 aliphatic heterocycles. The molecule has 0 aromatic carbocycles. The summed E-state index contributed by atoms with van der Waals surface area (Å²) in [7, 11) is 0. The molecule has 0 aromatic rings. The zero-order valence-electron chi connectivity index (χ0n) is 12.9. The van der Waals surface area contributed by atoms with E-state index in [0.29, 0.717) is 24.2 Å².